The highest BCUT2D eigenvalue weighted by atomic mass is 16.6. The predicted molar refractivity (Wildman–Crippen MR) is 78.2 cm³/mol. The van der Waals surface area contributed by atoms with E-state index >= 15 is 0 Å². The molecule has 7 heteroatoms. The summed E-state index contributed by atoms with van der Waals surface area (Å²) < 4.78 is 12.1. The van der Waals surface area contributed by atoms with Crippen molar-refractivity contribution in [3.63, 3.8) is 0 Å². The molecule has 1 rings (SSSR count). The molecule has 0 aliphatic rings. The fourth-order valence-electron chi connectivity index (χ4n) is 1.44. The molecule has 0 aliphatic carbocycles. The molecule has 0 N–H and O–H groups in total. The van der Waals surface area contributed by atoms with E-state index in [1.54, 1.807) is 48.6 Å². The lowest BCUT2D eigenvalue weighted by Gasteiger charge is -2.28. The van der Waals surface area contributed by atoms with Crippen LogP contribution in [0.1, 0.15) is 41.5 Å². The Bertz CT molecular complexity index is 495. The van der Waals surface area contributed by atoms with Gasteiger partial charge in [-0.15, -0.1) is 0 Å². The normalized spacial score (nSPS) is 12.0. The third kappa shape index (κ3) is 5.09. The van der Waals surface area contributed by atoms with Crippen LogP contribution in [0, 0.1) is 0 Å². The van der Waals surface area contributed by atoms with E-state index in [2.05, 4.69) is 4.98 Å². The lowest BCUT2D eigenvalue weighted by molar-refractivity contribution is 0.0427. The second-order valence-electron chi connectivity index (χ2n) is 6.66. The van der Waals surface area contributed by atoms with Gasteiger partial charge in [-0.2, -0.15) is 4.90 Å². The van der Waals surface area contributed by atoms with Crippen molar-refractivity contribution in [2.24, 2.45) is 7.05 Å². The molecular formula is C14H23N3O4. The number of hydrogen-bond acceptors (Lipinski definition) is 5. The van der Waals surface area contributed by atoms with Gasteiger partial charge in [-0.25, -0.2) is 14.6 Å². The first-order valence-corrected chi connectivity index (χ1v) is 6.63. The molecule has 1 aromatic heterocycles. The fraction of sp³-hybridized carbons (Fsp3) is 0.643. The molecule has 2 amide bonds. The van der Waals surface area contributed by atoms with E-state index in [9.17, 15) is 9.59 Å². The van der Waals surface area contributed by atoms with Crippen molar-refractivity contribution < 1.29 is 19.1 Å². The first-order valence-electron chi connectivity index (χ1n) is 6.63. The maximum Gasteiger partial charge on any atom is 0.425 e. The van der Waals surface area contributed by atoms with Crippen LogP contribution in [0.3, 0.4) is 0 Å². The van der Waals surface area contributed by atoms with Gasteiger partial charge in [0.2, 0.25) is 0 Å². The molecule has 0 bridgehead atoms. The van der Waals surface area contributed by atoms with Gasteiger partial charge in [-0.05, 0) is 41.5 Å². The van der Waals surface area contributed by atoms with Crippen LogP contribution in [0.5, 0.6) is 0 Å². The van der Waals surface area contributed by atoms with Crippen LogP contribution >= 0.6 is 0 Å². The van der Waals surface area contributed by atoms with E-state index in [0.29, 0.717) is 0 Å². The number of nitrogens with zero attached hydrogens (tertiary/aromatic N) is 3. The Labute approximate surface area is 124 Å². The summed E-state index contributed by atoms with van der Waals surface area (Å²) in [6.07, 6.45) is 1.27. The molecule has 7 nitrogen and oxygen atoms in total. The summed E-state index contributed by atoms with van der Waals surface area (Å²) in [7, 11) is 1.67. The third-order valence-corrected chi connectivity index (χ3v) is 2.17. The number of amides is 2. The van der Waals surface area contributed by atoms with E-state index in [-0.39, 0.29) is 5.82 Å². The molecule has 118 valence electrons. The van der Waals surface area contributed by atoms with Crippen LogP contribution in [0.25, 0.3) is 0 Å². The summed E-state index contributed by atoms with van der Waals surface area (Å²) in [6, 6.07) is 0. The molecule has 21 heavy (non-hydrogen) atoms. The zero-order valence-electron chi connectivity index (χ0n) is 13.6. The van der Waals surface area contributed by atoms with Crippen LogP contribution in [-0.4, -0.2) is 32.9 Å². The minimum absolute atomic E-state index is 0.276. The van der Waals surface area contributed by atoms with Gasteiger partial charge in [-0.1, -0.05) is 0 Å². The lowest BCUT2D eigenvalue weighted by atomic mass is 10.2. The molecule has 0 radical (unpaired) electrons. The monoisotopic (exact) mass is 297 g/mol. The lowest BCUT2D eigenvalue weighted by Crippen LogP contribution is -2.44. The Kier molecular flexibility index (Phi) is 4.65. The molecule has 0 atom stereocenters. The van der Waals surface area contributed by atoms with E-state index in [1.165, 1.54) is 17.1 Å². The molecule has 1 aromatic rings. The molecule has 0 spiro atoms. The van der Waals surface area contributed by atoms with Crippen LogP contribution < -0.4 is 4.90 Å². The molecular weight excluding hydrogens is 274 g/mol. The predicted octanol–water partition coefficient (Wildman–Crippen LogP) is 3.10. The van der Waals surface area contributed by atoms with Crippen LogP contribution in [0.4, 0.5) is 15.4 Å². The number of imide groups is 1. The van der Waals surface area contributed by atoms with Crippen molar-refractivity contribution in [1.82, 2.24) is 9.55 Å². The van der Waals surface area contributed by atoms with Gasteiger partial charge in [0.05, 0.1) is 12.5 Å². The number of hydrogen-bond donors (Lipinski definition) is 0. The summed E-state index contributed by atoms with van der Waals surface area (Å²) in [4.78, 5) is 29.3. The van der Waals surface area contributed by atoms with Gasteiger partial charge < -0.3 is 14.0 Å². The Morgan fingerprint density at radius 2 is 1.48 bits per heavy atom. The minimum Gasteiger partial charge on any atom is -0.443 e. The van der Waals surface area contributed by atoms with E-state index in [1.807, 2.05) is 0 Å². The first-order chi connectivity index (χ1) is 9.41. The van der Waals surface area contributed by atoms with Crippen LogP contribution in [-0.2, 0) is 16.5 Å². The number of anilines is 1. The minimum atomic E-state index is -0.805. The van der Waals surface area contributed by atoms with Crippen molar-refractivity contribution in [3.05, 3.63) is 12.5 Å². The fourth-order valence-corrected chi connectivity index (χ4v) is 1.44. The molecule has 0 unspecified atom stereocenters. The zero-order valence-corrected chi connectivity index (χ0v) is 13.6. The highest BCUT2D eigenvalue weighted by Crippen LogP contribution is 2.20. The number of carbonyl (C=O) groups excluding carboxylic acids is 2. The first kappa shape index (κ1) is 17.0. The Hall–Kier alpha value is -2.05. The van der Waals surface area contributed by atoms with Crippen molar-refractivity contribution in [1.29, 1.82) is 0 Å². The van der Waals surface area contributed by atoms with Crippen LogP contribution in [0.2, 0.25) is 0 Å². The smallest absolute Gasteiger partial charge is 0.425 e. The number of imidazole rings is 1. The molecule has 0 fully saturated rings. The highest BCUT2D eigenvalue weighted by Gasteiger charge is 2.34. The van der Waals surface area contributed by atoms with E-state index in [0.717, 1.165) is 4.90 Å². The quantitative estimate of drug-likeness (QED) is 0.796. The van der Waals surface area contributed by atoms with Crippen molar-refractivity contribution in [2.75, 3.05) is 4.90 Å². The topological polar surface area (TPSA) is 73.7 Å². The maximum absolute atomic E-state index is 12.3. The van der Waals surface area contributed by atoms with Gasteiger partial charge in [-0.3, -0.25) is 0 Å². The number of ether oxygens (including phenoxy) is 2. The highest BCUT2D eigenvalue weighted by molar-refractivity contribution is 6.08. The molecule has 0 saturated carbocycles. The molecule has 0 aliphatic heterocycles. The van der Waals surface area contributed by atoms with Gasteiger partial charge in [0.1, 0.15) is 17.0 Å². The Morgan fingerprint density at radius 3 is 1.76 bits per heavy atom. The molecule has 1 heterocycles. The van der Waals surface area contributed by atoms with Crippen molar-refractivity contribution >= 4 is 18.0 Å². The van der Waals surface area contributed by atoms with Crippen molar-refractivity contribution in [3.8, 4) is 0 Å². The second kappa shape index (κ2) is 5.75. The van der Waals surface area contributed by atoms with E-state index < -0.39 is 23.4 Å². The average molecular weight is 297 g/mol. The standard InChI is InChI=1S/C14H23N3O4/c1-13(2,3)20-11(18)17(10-8-15-9-16(10)7)12(19)21-14(4,5)6/h8-9H,1-7H3. The number of aromatic nitrogens is 2. The van der Waals surface area contributed by atoms with Gasteiger partial charge in [0.25, 0.3) is 0 Å². The zero-order chi connectivity index (χ0) is 16.4. The number of rotatable bonds is 1. The summed E-state index contributed by atoms with van der Waals surface area (Å²) in [6.45, 7) is 10.3. The second-order valence-corrected chi connectivity index (χ2v) is 6.66. The molecule has 0 aromatic carbocycles. The SMILES string of the molecule is Cn1cncc1N(C(=O)OC(C)(C)C)C(=O)OC(C)(C)C. The Morgan fingerprint density at radius 1 is 1.05 bits per heavy atom. The average Bonchev–Trinajstić information content (AvgIpc) is 2.59. The van der Waals surface area contributed by atoms with Gasteiger partial charge >= 0.3 is 12.2 Å². The summed E-state index contributed by atoms with van der Waals surface area (Å²) in [5, 5.41) is 0. The summed E-state index contributed by atoms with van der Waals surface area (Å²) in [5.41, 5.74) is -1.45. The van der Waals surface area contributed by atoms with Crippen LogP contribution in [0.15, 0.2) is 12.5 Å². The van der Waals surface area contributed by atoms with Gasteiger partial charge in [0.15, 0.2) is 0 Å². The Balaban J connectivity index is 3.10. The maximum atomic E-state index is 12.3. The number of aryl methyl sites for hydroxylation is 1. The third-order valence-electron chi connectivity index (χ3n) is 2.17. The summed E-state index contributed by atoms with van der Waals surface area (Å²) in [5.74, 6) is 0.276. The largest absolute Gasteiger partial charge is 0.443 e. The van der Waals surface area contributed by atoms with E-state index in [4.69, 9.17) is 9.47 Å². The van der Waals surface area contributed by atoms with Gasteiger partial charge in [0, 0.05) is 7.05 Å². The molecule has 0 saturated heterocycles. The van der Waals surface area contributed by atoms with Crippen molar-refractivity contribution in [2.45, 2.75) is 52.7 Å². The summed E-state index contributed by atoms with van der Waals surface area (Å²) >= 11 is 0. The number of carbonyl (C=O) groups is 2.